The van der Waals surface area contributed by atoms with Crippen LogP contribution in [0.25, 0.3) is 0 Å². The van der Waals surface area contributed by atoms with E-state index in [4.69, 9.17) is 20.9 Å². The first-order chi connectivity index (χ1) is 14.7. The molecule has 0 bridgehead atoms. The SMILES string of the molecule is NC(c1cccc(Oc2ccccc2)c1)C(N)c1cccc(Oc2ccccc2)c1. The zero-order valence-corrected chi connectivity index (χ0v) is 16.5. The van der Waals surface area contributed by atoms with Gasteiger partial charge in [-0.2, -0.15) is 0 Å². The predicted octanol–water partition coefficient (Wildman–Crippen LogP) is 5.97. The molecule has 4 nitrogen and oxygen atoms in total. The highest BCUT2D eigenvalue weighted by Gasteiger charge is 2.18. The van der Waals surface area contributed by atoms with E-state index < -0.39 is 12.1 Å². The summed E-state index contributed by atoms with van der Waals surface area (Å²) >= 11 is 0. The minimum atomic E-state index is -0.392. The number of nitrogens with two attached hydrogens (primary N) is 2. The fraction of sp³-hybridized carbons (Fsp3) is 0.0769. The van der Waals surface area contributed by atoms with Gasteiger partial charge in [0.05, 0.1) is 0 Å². The number of rotatable bonds is 7. The van der Waals surface area contributed by atoms with Crippen molar-refractivity contribution in [2.24, 2.45) is 11.5 Å². The molecule has 0 radical (unpaired) electrons. The molecular weight excluding hydrogens is 372 g/mol. The molecule has 0 spiro atoms. The van der Waals surface area contributed by atoms with Gasteiger partial charge in [-0.05, 0) is 59.7 Å². The van der Waals surface area contributed by atoms with E-state index in [0.717, 1.165) is 34.1 Å². The van der Waals surface area contributed by atoms with Gasteiger partial charge in [-0.15, -0.1) is 0 Å². The van der Waals surface area contributed by atoms with Gasteiger partial charge in [0.15, 0.2) is 0 Å². The molecule has 4 heteroatoms. The largest absolute Gasteiger partial charge is 0.457 e. The summed E-state index contributed by atoms with van der Waals surface area (Å²) < 4.78 is 11.8. The lowest BCUT2D eigenvalue weighted by atomic mass is 9.94. The maximum Gasteiger partial charge on any atom is 0.127 e. The molecule has 0 aromatic heterocycles. The van der Waals surface area contributed by atoms with Gasteiger partial charge >= 0.3 is 0 Å². The second kappa shape index (κ2) is 9.27. The summed E-state index contributed by atoms with van der Waals surface area (Å²) in [6.07, 6.45) is 0. The second-order valence-corrected chi connectivity index (χ2v) is 7.03. The Labute approximate surface area is 176 Å². The average molecular weight is 396 g/mol. The van der Waals surface area contributed by atoms with Crippen LogP contribution in [0.2, 0.25) is 0 Å². The molecule has 0 saturated heterocycles. The fourth-order valence-electron chi connectivity index (χ4n) is 3.23. The van der Waals surface area contributed by atoms with E-state index >= 15 is 0 Å². The van der Waals surface area contributed by atoms with Crippen LogP contribution in [0.15, 0.2) is 109 Å². The lowest BCUT2D eigenvalue weighted by Gasteiger charge is -2.22. The van der Waals surface area contributed by atoms with Crippen molar-refractivity contribution in [1.29, 1.82) is 0 Å². The molecule has 4 rings (SSSR count). The molecule has 4 aromatic rings. The van der Waals surface area contributed by atoms with Crippen LogP contribution in [0.1, 0.15) is 23.2 Å². The van der Waals surface area contributed by atoms with Crippen molar-refractivity contribution in [3.8, 4) is 23.0 Å². The number of hydrogen-bond acceptors (Lipinski definition) is 4. The summed E-state index contributed by atoms with van der Waals surface area (Å²) in [6, 6.07) is 34.0. The normalized spacial score (nSPS) is 12.7. The van der Waals surface area contributed by atoms with Crippen LogP contribution in [0.4, 0.5) is 0 Å². The minimum absolute atomic E-state index is 0.392. The summed E-state index contributed by atoms with van der Waals surface area (Å²) in [5.74, 6) is 3.00. The Morgan fingerprint density at radius 1 is 0.433 bits per heavy atom. The van der Waals surface area contributed by atoms with Gasteiger partial charge in [0.25, 0.3) is 0 Å². The van der Waals surface area contributed by atoms with Gasteiger partial charge in [0.2, 0.25) is 0 Å². The zero-order chi connectivity index (χ0) is 20.8. The monoisotopic (exact) mass is 396 g/mol. The average Bonchev–Trinajstić information content (AvgIpc) is 2.80. The van der Waals surface area contributed by atoms with Crippen LogP contribution in [0, 0.1) is 0 Å². The molecular formula is C26H24N2O2. The van der Waals surface area contributed by atoms with Crippen LogP contribution in [0.5, 0.6) is 23.0 Å². The molecule has 0 aliphatic heterocycles. The summed E-state index contributed by atoms with van der Waals surface area (Å²) in [7, 11) is 0. The van der Waals surface area contributed by atoms with Gasteiger partial charge in [-0.3, -0.25) is 0 Å². The van der Waals surface area contributed by atoms with Crippen molar-refractivity contribution >= 4 is 0 Å². The molecule has 0 amide bonds. The van der Waals surface area contributed by atoms with Crippen LogP contribution in [-0.4, -0.2) is 0 Å². The van der Waals surface area contributed by atoms with E-state index in [1.165, 1.54) is 0 Å². The molecule has 4 aromatic carbocycles. The topological polar surface area (TPSA) is 70.5 Å². The first kappa shape index (κ1) is 19.7. The number of benzene rings is 4. The van der Waals surface area contributed by atoms with Crippen molar-refractivity contribution in [2.75, 3.05) is 0 Å². The van der Waals surface area contributed by atoms with Crippen molar-refractivity contribution < 1.29 is 9.47 Å². The van der Waals surface area contributed by atoms with Gasteiger partial charge in [-0.25, -0.2) is 0 Å². The molecule has 150 valence electrons. The third-order valence-electron chi connectivity index (χ3n) is 4.83. The molecule has 0 fully saturated rings. The molecule has 0 saturated carbocycles. The molecule has 2 unspecified atom stereocenters. The van der Waals surface area contributed by atoms with E-state index in [9.17, 15) is 0 Å². The number of para-hydroxylation sites is 2. The summed E-state index contributed by atoms with van der Waals surface area (Å²) in [5.41, 5.74) is 14.8. The van der Waals surface area contributed by atoms with Crippen LogP contribution in [-0.2, 0) is 0 Å². The Bertz CT molecular complexity index is 995. The van der Waals surface area contributed by atoms with Crippen molar-refractivity contribution in [2.45, 2.75) is 12.1 Å². The van der Waals surface area contributed by atoms with Crippen LogP contribution < -0.4 is 20.9 Å². The predicted molar refractivity (Wildman–Crippen MR) is 120 cm³/mol. The number of hydrogen-bond donors (Lipinski definition) is 2. The van der Waals surface area contributed by atoms with Gasteiger partial charge in [-0.1, -0.05) is 60.7 Å². The van der Waals surface area contributed by atoms with Gasteiger partial charge in [0.1, 0.15) is 23.0 Å². The summed E-state index contributed by atoms with van der Waals surface area (Å²) in [6.45, 7) is 0. The standard InChI is InChI=1S/C26H24N2O2/c27-25(19-9-7-15-23(17-19)29-21-11-3-1-4-12-21)26(28)20-10-8-16-24(18-20)30-22-13-5-2-6-14-22/h1-18,25-26H,27-28H2. The highest BCUT2D eigenvalue weighted by molar-refractivity contribution is 5.39. The van der Waals surface area contributed by atoms with Crippen LogP contribution in [0.3, 0.4) is 0 Å². The van der Waals surface area contributed by atoms with E-state index in [1.807, 2.05) is 109 Å². The molecule has 4 N–H and O–H groups in total. The lowest BCUT2D eigenvalue weighted by Crippen LogP contribution is -2.26. The first-order valence-electron chi connectivity index (χ1n) is 9.86. The Morgan fingerprint density at radius 2 is 0.800 bits per heavy atom. The molecule has 2 atom stereocenters. The quantitative estimate of drug-likeness (QED) is 0.404. The fourth-order valence-corrected chi connectivity index (χ4v) is 3.23. The smallest absolute Gasteiger partial charge is 0.127 e. The van der Waals surface area contributed by atoms with Crippen molar-refractivity contribution in [3.05, 3.63) is 120 Å². The molecule has 0 aliphatic carbocycles. The van der Waals surface area contributed by atoms with Crippen molar-refractivity contribution in [1.82, 2.24) is 0 Å². The van der Waals surface area contributed by atoms with E-state index in [-0.39, 0.29) is 0 Å². The van der Waals surface area contributed by atoms with Crippen LogP contribution >= 0.6 is 0 Å². The molecule has 0 heterocycles. The third-order valence-corrected chi connectivity index (χ3v) is 4.83. The van der Waals surface area contributed by atoms with Crippen molar-refractivity contribution in [3.63, 3.8) is 0 Å². The highest BCUT2D eigenvalue weighted by atomic mass is 16.5. The molecule has 30 heavy (non-hydrogen) atoms. The zero-order valence-electron chi connectivity index (χ0n) is 16.5. The van der Waals surface area contributed by atoms with E-state index in [1.54, 1.807) is 0 Å². The Balaban J connectivity index is 1.50. The summed E-state index contributed by atoms with van der Waals surface area (Å²) in [4.78, 5) is 0. The van der Waals surface area contributed by atoms with Gasteiger partial charge < -0.3 is 20.9 Å². The Morgan fingerprint density at radius 3 is 1.20 bits per heavy atom. The third kappa shape index (κ3) is 4.87. The minimum Gasteiger partial charge on any atom is -0.457 e. The maximum atomic E-state index is 6.51. The summed E-state index contributed by atoms with van der Waals surface area (Å²) in [5, 5.41) is 0. The lowest BCUT2D eigenvalue weighted by molar-refractivity contribution is 0.476. The number of ether oxygens (including phenoxy) is 2. The van der Waals surface area contributed by atoms with E-state index in [2.05, 4.69) is 0 Å². The van der Waals surface area contributed by atoms with Gasteiger partial charge in [0, 0.05) is 12.1 Å². The highest BCUT2D eigenvalue weighted by Crippen LogP contribution is 2.31. The Kier molecular flexibility index (Phi) is 6.09. The maximum absolute atomic E-state index is 6.51. The second-order valence-electron chi connectivity index (χ2n) is 7.03. The Hall–Kier alpha value is -3.60. The van der Waals surface area contributed by atoms with E-state index in [0.29, 0.717) is 0 Å². The molecule has 0 aliphatic rings. The first-order valence-corrected chi connectivity index (χ1v) is 9.86.